The Bertz CT molecular complexity index is 546. The van der Waals surface area contributed by atoms with E-state index in [1.54, 1.807) is 0 Å². The summed E-state index contributed by atoms with van der Waals surface area (Å²) in [6, 6.07) is 7.62. The van der Waals surface area contributed by atoms with Gasteiger partial charge in [-0.25, -0.2) is 0 Å². The highest BCUT2D eigenvalue weighted by Gasteiger charge is 2.05. The lowest BCUT2D eigenvalue weighted by Gasteiger charge is -2.07. The number of H-pyrrole nitrogens is 1. The second kappa shape index (κ2) is 8.08. The fourth-order valence-corrected chi connectivity index (χ4v) is 2.63. The first kappa shape index (κ1) is 15.9. The van der Waals surface area contributed by atoms with E-state index in [0.29, 0.717) is 5.02 Å². The van der Waals surface area contributed by atoms with Crippen LogP contribution in [0.3, 0.4) is 0 Å². The lowest BCUT2D eigenvalue weighted by Crippen LogP contribution is -1.98. The molecule has 0 bridgehead atoms. The van der Waals surface area contributed by atoms with E-state index in [1.165, 1.54) is 30.5 Å². The molecule has 0 fully saturated rings. The number of aryl methyl sites for hydroxylation is 2. The lowest BCUT2D eigenvalue weighted by molar-refractivity contribution is 0.305. The maximum Gasteiger partial charge on any atom is 0.137 e. The summed E-state index contributed by atoms with van der Waals surface area (Å²) in [5.74, 6) is 0.781. The molecule has 0 atom stereocenters. The molecular weight excluding hydrogens is 284 g/mol. The molecule has 114 valence electrons. The van der Waals surface area contributed by atoms with E-state index in [1.807, 2.05) is 24.3 Å². The Kier molecular flexibility index (Phi) is 6.12. The van der Waals surface area contributed by atoms with Crippen LogP contribution in [0.5, 0.6) is 5.75 Å². The van der Waals surface area contributed by atoms with E-state index in [-0.39, 0.29) is 0 Å². The van der Waals surface area contributed by atoms with Crippen molar-refractivity contribution in [3.05, 3.63) is 46.2 Å². The molecule has 2 aromatic rings. The van der Waals surface area contributed by atoms with Gasteiger partial charge in [0.25, 0.3) is 0 Å². The summed E-state index contributed by atoms with van der Waals surface area (Å²) in [7, 11) is 0. The van der Waals surface area contributed by atoms with E-state index in [0.717, 1.165) is 30.9 Å². The third-order valence-corrected chi connectivity index (χ3v) is 4.01. The lowest BCUT2D eigenvalue weighted by atomic mass is 10.0. The van der Waals surface area contributed by atoms with Crippen molar-refractivity contribution in [1.29, 1.82) is 0 Å². The monoisotopic (exact) mass is 306 g/mol. The minimum atomic E-state index is 0.684. The largest absolute Gasteiger partial charge is 0.492 e. The maximum atomic E-state index is 6.04. The Morgan fingerprint density at radius 1 is 1.10 bits per heavy atom. The number of hydrogen-bond acceptors (Lipinski definition) is 2. The molecule has 2 rings (SSSR count). The summed E-state index contributed by atoms with van der Waals surface area (Å²) in [5.41, 5.74) is 3.71. The number of benzene rings is 1. The van der Waals surface area contributed by atoms with E-state index in [2.05, 4.69) is 24.0 Å². The van der Waals surface area contributed by atoms with Gasteiger partial charge in [-0.15, -0.1) is 0 Å². The van der Waals surface area contributed by atoms with Crippen LogP contribution in [0, 0.1) is 13.8 Å². The van der Waals surface area contributed by atoms with Gasteiger partial charge in [-0.3, -0.25) is 5.10 Å². The van der Waals surface area contributed by atoms with Gasteiger partial charge in [0.2, 0.25) is 0 Å². The smallest absolute Gasteiger partial charge is 0.137 e. The molecule has 1 heterocycles. The SMILES string of the molecule is Cc1n[nH]c(C)c1CCCCCCOc1ccccc1Cl. The van der Waals surface area contributed by atoms with Crippen LogP contribution in [0.1, 0.15) is 42.6 Å². The number of aromatic nitrogens is 2. The zero-order valence-corrected chi connectivity index (χ0v) is 13.5. The molecule has 0 aliphatic carbocycles. The van der Waals surface area contributed by atoms with E-state index >= 15 is 0 Å². The number of aromatic amines is 1. The summed E-state index contributed by atoms with van der Waals surface area (Å²) in [6.45, 7) is 4.89. The van der Waals surface area contributed by atoms with Crippen molar-refractivity contribution in [3.63, 3.8) is 0 Å². The van der Waals surface area contributed by atoms with Crippen molar-refractivity contribution in [3.8, 4) is 5.75 Å². The maximum absolute atomic E-state index is 6.04. The first-order valence-electron chi connectivity index (χ1n) is 7.56. The molecule has 1 N–H and O–H groups in total. The minimum absolute atomic E-state index is 0.684. The van der Waals surface area contributed by atoms with Gasteiger partial charge in [0, 0.05) is 5.69 Å². The van der Waals surface area contributed by atoms with Crippen molar-refractivity contribution < 1.29 is 4.74 Å². The number of unbranched alkanes of at least 4 members (excludes halogenated alkanes) is 3. The van der Waals surface area contributed by atoms with Gasteiger partial charge < -0.3 is 4.74 Å². The topological polar surface area (TPSA) is 37.9 Å². The molecule has 0 spiro atoms. The van der Waals surface area contributed by atoms with Crippen LogP contribution in [0.2, 0.25) is 5.02 Å². The summed E-state index contributed by atoms with van der Waals surface area (Å²) >= 11 is 6.04. The number of ether oxygens (including phenoxy) is 1. The predicted octanol–water partition coefficient (Wildman–Crippen LogP) is 4.86. The van der Waals surface area contributed by atoms with E-state index in [4.69, 9.17) is 16.3 Å². The number of para-hydroxylation sites is 1. The van der Waals surface area contributed by atoms with Gasteiger partial charge in [-0.1, -0.05) is 36.6 Å². The molecular formula is C17H23ClN2O. The molecule has 0 saturated carbocycles. The zero-order chi connectivity index (χ0) is 15.1. The number of nitrogens with zero attached hydrogens (tertiary/aromatic N) is 1. The normalized spacial score (nSPS) is 10.8. The van der Waals surface area contributed by atoms with Crippen molar-refractivity contribution in [1.82, 2.24) is 10.2 Å². The average Bonchev–Trinajstić information content (AvgIpc) is 2.79. The number of rotatable bonds is 8. The molecule has 0 unspecified atom stereocenters. The van der Waals surface area contributed by atoms with Gasteiger partial charge in [-0.05, 0) is 50.8 Å². The summed E-state index contributed by atoms with van der Waals surface area (Å²) in [5, 5.41) is 7.95. The quantitative estimate of drug-likeness (QED) is 0.707. The standard InChI is InChI=1S/C17H23ClN2O/c1-13-15(14(2)20-19-13)9-5-3-4-8-12-21-17-11-7-6-10-16(17)18/h6-7,10-11H,3-5,8-9,12H2,1-2H3,(H,19,20). The highest BCUT2D eigenvalue weighted by molar-refractivity contribution is 6.32. The number of halogens is 1. The van der Waals surface area contributed by atoms with Gasteiger partial charge in [-0.2, -0.15) is 5.10 Å². The molecule has 21 heavy (non-hydrogen) atoms. The predicted molar refractivity (Wildman–Crippen MR) is 87.2 cm³/mol. The van der Waals surface area contributed by atoms with Crippen LogP contribution in [0.4, 0.5) is 0 Å². The number of hydrogen-bond donors (Lipinski definition) is 1. The molecule has 0 saturated heterocycles. The van der Waals surface area contributed by atoms with E-state index < -0.39 is 0 Å². The Morgan fingerprint density at radius 2 is 1.86 bits per heavy atom. The third-order valence-electron chi connectivity index (χ3n) is 3.70. The molecule has 3 nitrogen and oxygen atoms in total. The summed E-state index contributed by atoms with van der Waals surface area (Å²) in [4.78, 5) is 0. The fraction of sp³-hybridized carbons (Fsp3) is 0.471. The second-order valence-corrected chi connectivity index (χ2v) is 5.76. The second-order valence-electron chi connectivity index (χ2n) is 5.36. The van der Waals surface area contributed by atoms with Gasteiger partial charge in [0.05, 0.1) is 17.3 Å². The van der Waals surface area contributed by atoms with Crippen molar-refractivity contribution in [2.45, 2.75) is 46.0 Å². The van der Waals surface area contributed by atoms with Gasteiger partial charge >= 0.3 is 0 Å². The van der Waals surface area contributed by atoms with Crippen LogP contribution >= 0.6 is 11.6 Å². The molecule has 0 radical (unpaired) electrons. The Labute approximate surface area is 131 Å². The van der Waals surface area contributed by atoms with E-state index in [9.17, 15) is 0 Å². The number of nitrogens with one attached hydrogen (secondary N) is 1. The van der Waals surface area contributed by atoms with Crippen LogP contribution in [-0.4, -0.2) is 16.8 Å². The molecule has 4 heteroatoms. The molecule has 0 aliphatic heterocycles. The first-order chi connectivity index (χ1) is 10.2. The van der Waals surface area contributed by atoms with Crippen LogP contribution in [0.15, 0.2) is 24.3 Å². The summed E-state index contributed by atoms with van der Waals surface area (Å²) in [6.07, 6.45) is 5.78. The highest BCUT2D eigenvalue weighted by atomic mass is 35.5. The van der Waals surface area contributed by atoms with Crippen LogP contribution in [-0.2, 0) is 6.42 Å². The van der Waals surface area contributed by atoms with Crippen LogP contribution < -0.4 is 4.74 Å². The zero-order valence-electron chi connectivity index (χ0n) is 12.8. The third kappa shape index (κ3) is 4.78. The summed E-state index contributed by atoms with van der Waals surface area (Å²) < 4.78 is 5.68. The minimum Gasteiger partial charge on any atom is -0.492 e. The van der Waals surface area contributed by atoms with Gasteiger partial charge in [0.15, 0.2) is 0 Å². The Hall–Kier alpha value is -1.48. The van der Waals surface area contributed by atoms with Gasteiger partial charge in [0.1, 0.15) is 5.75 Å². The van der Waals surface area contributed by atoms with Crippen molar-refractivity contribution in [2.24, 2.45) is 0 Å². The molecule has 1 aromatic heterocycles. The molecule has 1 aromatic carbocycles. The van der Waals surface area contributed by atoms with Crippen LogP contribution in [0.25, 0.3) is 0 Å². The first-order valence-corrected chi connectivity index (χ1v) is 7.94. The fourth-order valence-electron chi connectivity index (χ4n) is 2.44. The molecule has 0 amide bonds. The highest BCUT2D eigenvalue weighted by Crippen LogP contribution is 2.23. The molecule has 0 aliphatic rings. The Morgan fingerprint density at radius 3 is 2.57 bits per heavy atom. The average molecular weight is 307 g/mol. The Balaban J connectivity index is 1.58. The van der Waals surface area contributed by atoms with Crippen molar-refractivity contribution in [2.75, 3.05) is 6.61 Å². The van der Waals surface area contributed by atoms with Crippen molar-refractivity contribution >= 4 is 11.6 Å².